The van der Waals surface area contributed by atoms with Gasteiger partial charge in [-0.05, 0) is 48.2 Å². The number of phenolic OH excluding ortho intramolecular Hbond substituents is 1. The van der Waals surface area contributed by atoms with E-state index in [1.54, 1.807) is 18.2 Å². The Hall–Kier alpha value is -5.43. The molecular formula is C33H40N12O6. The maximum absolute atomic E-state index is 12.7. The fraction of sp³-hybridized carbons (Fsp3) is 0.424. The Bertz CT molecular complexity index is 1960. The lowest BCUT2D eigenvalue weighted by Crippen LogP contribution is -2.43. The standard InChI is InChI=1S/C33H40N12O6/c1-2-45-41-29(40-42-45)27-25(48)26(49)31(51-27)44-18-35-24-28(36-22(17-46)13-19-7-4-3-5-8-19)38-32(39-30(24)44)43-12-11-21(16-43)37-33(50)34-15-20-9-6-10-23(47)14-20/h3-10,14,18,21-22,25-27,31,46-49H,2,11-13,15-17H2,1H3,(H2,34,37,50)(H,36,38,39). The van der Waals surface area contributed by atoms with E-state index < -0.39 is 30.6 Å². The van der Waals surface area contributed by atoms with Crippen molar-refractivity contribution in [3.8, 4) is 5.75 Å². The number of nitrogens with zero attached hydrogens (tertiary/aromatic N) is 9. The van der Waals surface area contributed by atoms with Gasteiger partial charge in [-0.1, -0.05) is 42.5 Å². The van der Waals surface area contributed by atoms with Gasteiger partial charge < -0.3 is 46.0 Å². The number of aryl methyl sites for hydroxylation is 1. The average Bonchev–Trinajstić information content (AvgIpc) is 3.95. The quantitative estimate of drug-likeness (QED) is 0.0946. The number of anilines is 2. The van der Waals surface area contributed by atoms with Crippen molar-refractivity contribution in [2.24, 2.45) is 0 Å². The Labute approximate surface area is 292 Å². The number of aliphatic hydroxyl groups is 3. The first-order valence-electron chi connectivity index (χ1n) is 16.8. The topological polar surface area (TPSA) is 234 Å². The van der Waals surface area contributed by atoms with E-state index in [0.29, 0.717) is 55.4 Å². The highest BCUT2D eigenvalue weighted by molar-refractivity contribution is 5.84. The molecule has 0 bridgehead atoms. The van der Waals surface area contributed by atoms with Gasteiger partial charge in [-0.3, -0.25) is 4.57 Å². The molecule has 18 heteroatoms. The zero-order chi connectivity index (χ0) is 35.5. The smallest absolute Gasteiger partial charge is 0.315 e. The number of nitrogens with one attached hydrogen (secondary N) is 3. The van der Waals surface area contributed by atoms with Crippen molar-refractivity contribution >= 4 is 29.0 Å². The third-order valence-corrected chi connectivity index (χ3v) is 8.98. The molecule has 0 aliphatic carbocycles. The Morgan fingerprint density at radius 3 is 2.67 bits per heavy atom. The van der Waals surface area contributed by atoms with Crippen molar-refractivity contribution in [2.45, 2.75) is 69.5 Å². The summed E-state index contributed by atoms with van der Waals surface area (Å²) in [6.07, 6.45) is -2.27. The van der Waals surface area contributed by atoms with Crippen LogP contribution in [0.3, 0.4) is 0 Å². The summed E-state index contributed by atoms with van der Waals surface area (Å²) in [7, 11) is 0. The van der Waals surface area contributed by atoms with Crippen LogP contribution in [0.25, 0.3) is 11.2 Å². The summed E-state index contributed by atoms with van der Waals surface area (Å²) in [5, 5.41) is 63.6. The molecule has 0 radical (unpaired) electrons. The van der Waals surface area contributed by atoms with Gasteiger partial charge in [0.1, 0.15) is 18.0 Å². The highest BCUT2D eigenvalue weighted by atomic mass is 16.6. The summed E-state index contributed by atoms with van der Waals surface area (Å²) >= 11 is 0. The van der Waals surface area contributed by atoms with Gasteiger partial charge in [0, 0.05) is 25.7 Å². The number of aliphatic hydroxyl groups excluding tert-OH is 3. The van der Waals surface area contributed by atoms with E-state index in [-0.39, 0.29) is 36.8 Å². The van der Waals surface area contributed by atoms with Gasteiger partial charge in [0.05, 0.1) is 25.5 Å². The van der Waals surface area contributed by atoms with E-state index in [1.165, 1.54) is 15.7 Å². The van der Waals surface area contributed by atoms with Crippen LogP contribution in [0.15, 0.2) is 60.9 Å². The number of urea groups is 1. The van der Waals surface area contributed by atoms with E-state index in [2.05, 4.69) is 36.3 Å². The number of hydrogen-bond donors (Lipinski definition) is 7. The molecule has 0 spiro atoms. The monoisotopic (exact) mass is 700 g/mol. The first-order valence-corrected chi connectivity index (χ1v) is 16.8. The number of carbonyl (C=O) groups is 1. The summed E-state index contributed by atoms with van der Waals surface area (Å²) in [4.78, 5) is 30.3. The SMILES string of the molecule is CCn1nnc(C2OC(n3cnc4c(NC(CO)Cc5ccccc5)nc(N5CCC(NC(=O)NCc6cccc(O)c6)C5)nc43)C(O)C2O)n1. The van der Waals surface area contributed by atoms with Crippen LogP contribution in [0.4, 0.5) is 16.6 Å². The molecule has 2 amide bonds. The summed E-state index contributed by atoms with van der Waals surface area (Å²) in [6.45, 7) is 3.33. The van der Waals surface area contributed by atoms with Crippen LogP contribution >= 0.6 is 0 Å². The third-order valence-electron chi connectivity index (χ3n) is 8.98. The maximum Gasteiger partial charge on any atom is 0.315 e. The molecule has 18 nitrogen and oxygen atoms in total. The van der Waals surface area contributed by atoms with Crippen LogP contribution in [0.5, 0.6) is 5.75 Å². The lowest BCUT2D eigenvalue weighted by Gasteiger charge is -2.22. The Balaban J connectivity index is 1.14. The average molecular weight is 701 g/mol. The minimum Gasteiger partial charge on any atom is -0.508 e. The van der Waals surface area contributed by atoms with Gasteiger partial charge in [-0.15, -0.1) is 10.2 Å². The highest BCUT2D eigenvalue weighted by Crippen LogP contribution is 2.39. The van der Waals surface area contributed by atoms with Crippen LogP contribution in [0.2, 0.25) is 0 Å². The first kappa shape index (κ1) is 34.0. The van der Waals surface area contributed by atoms with Crippen LogP contribution < -0.4 is 20.9 Å². The molecule has 6 atom stereocenters. The number of aromatic hydroxyl groups is 1. The van der Waals surface area contributed by atoms with Crippen molar-refractivity contribution in [3.63, 3.8) is 0 Å². The Morgan fingerprint density at radius 2 is 1.90 bits per heavy atom. The molecule has 3 aromatic heterocycles. The van der Waals surface area contributed by atoms with Gasteiger partial charge in [-0.2, -0.15) is 14.8 Å². The summed E-state index contributed by atoms with van der Waals surface area (Å²) in [5.41, 5.74) is 2.48. The molecule has 2 saturated heterocycles. The predicted molar refractivity (Wildman–Crippen MR) is 182 cm³/mol. The summed E-state index contributed by atoms with van der Waals surface area (Å²) in [5.74, 6) is 0.967. The Morgan fingerprint density at radius 1 is 1.08 bits per heavy atom. The summed E-state index contributed by atoms with van der Waals surface area (Å²) < 4.78 is 7.67. The normalized spacial score (nSPS) is 22.4. The molecule has 6 unspecified atom stereocenters. The fourth-order valence-electron chi connectivity index (χ4n) is 6.34. The molecule has 2 aliphatic rings. The van der Waals surface area contributed by atoms with E-state index in [1.807, 2.05) is 48.2 Å². The summed E-state index contributed by atoms with van der Waals surface area (Å²) in [6, 6.07) is 15.5. The second-order valence-electron chi connectivity index (χ2n) is 12.6. The van der Waals surface area contributed by atoms with E-state index in [0.717, 1.165) is 11.1 Å². The maximum atomic E-state index is 12.7. The number of benzene rings is 2. The number of phenols is 1. The molecule has 7 N–H and O–H groups in total. The second kappa shape index (κ2) is 14.8. The van der Waals surface area contributed by atoms with Gasteiger partial charge in [-0.25, -0.2) is 9.78 Å². The van der Waals surface area contributed by atoms with Crippen molar-refractivity contribution in [2.75, 3.05) is 29.9 Å². The number of rotatable bonds is 12. The van der Waals surface area contributed by atoms with Gasteiger partial charge in [0.15, 0.2) is 29.3 Å². The van der Waals surface area contributed by atoms with Crippen molar-refractivity contribution < 1.29 is 30.0 Å². The number of aromatic nitrogens is 8. The lowest BCUT2D eigenvalue weighted by molar-refractivity contribution is -0.0384. The van der Waals surface area contributed by atoms with Gasteiger partial charge in [0.2, 0.25) is 11.8 Å². The van der Waals surface area contributed by atoms with Crippen LogP contribution in [0, 0.1) is 0 Å². The molecule has 2 aromatic carbocycles. The number of hydrogen-bond acceptors (Lipinski definition) is 14. The molecule has 0 saturated carbocycles. The number of amides is 2. The van der Waals surface area contributed by atoms with Crippen molar-refractivity contribution in [1.82, 2.24) is 50.4 Å². The van der Waals surface area contributed by atoms with E-state index >= 15 is 0 Å². The highest BCUT2D eigenvalue weighted by Gasteiger charge is 2.47. The predicted octanol–water partition coefficient (Wildman–Crippen LogP) is 0.624. The second-order valence-corrected chi connectivity index (χ2v) is 12.6. The number of imidazole rings is 1. The fourth-order valence-corrected chi connectivity index (χ4v) is 6.34. The molecule has 7 rings (SSSR count). The van der Waals surface area contributed by atoms with E-state index in [9.17, 15) is 25.2 Å². The number of carbonyl (C=O) groups excluding carboxylic acids is 1. The zero-order valence-electron chi connectivity index (χ0n) is 27.8. The Kier molecular flexibility index (Phi) is 9.89. The third kappa shape index (κ3) is 7.39. The molecular weight excluding hydrogens is 660 g/mol. The van der Waals surface area contributed by atoms with Crippen molar-refractivity contribution in [3.05, 3.63) is 77.9 Å². The number of ether oxygens (including phenoxy) is 1. The van der Waals surface area contributed by atoms with E-state index in [4.69, 9.17) is 14.7 Å². The zero-order valence-corrected chi connectivity index (χ0v) is 27.8. The largest absolute Gasteiger partial charge is 0.508 e. The lowest BCUT2D eigenvalue weighted by atomic mass is 10.1. The molecule has 2 aliphatic heterocycles. The van der Waals surface area contributed by atoms with Gasteiger partial charge in [0.25, 0.3) is 0 Å². The number of tetrazole rings is 1. The molecule has 2 fully saturated rings. The van der Waals surface area contributed by atoms with Crippen LogP contribution in [0.1, 0.15) is 42.6 Å². The number of fused-ring (bicyclic) bond motifs is 1. The van der Waals surface area contributed by atoms with Crippen LogP contribution in [-0.4, -0.2) is 110 Å². The van der Waals surface area contributed by atoms with Gasteiger partial charge >= 0.3 is 6.03 Å². The molecule has 5 heterocycles. The minimum absolute atomic E-state index is 0.127. The first-order chi connectivity index (χ1) is 24.8. The van der Waals surface area contributed by atoms with Crippen LogP contribution in [-0.2, 0) is 24.2 Å². The molecule has 51 heavy (non-hydrogen) atoms. The molecule has 268 valence electrons. The minimum atomic E-state index is -1.38. The molecule has 5 aromatic rings. The van der Waals surface area contributed by atoms with Crippen molar-refractivity contribution in [1.29, 1.82) is 0 Å².